The van der Waals surface area contributed by atoms with Crippen molar-refractivity contribution in [3.8, 4) is 16.9 Å². The molecule has 104 valence electrons. The van der Waals surface area contributed by atoms with Crippen molar-refractivity contribution in [2.75, 3.05) is 7.11 Å². The summed E-state index contributed by atoms with van der Waals surface area (Å²) in [5.74, 6) is 1.60. The van der Waals surface area contributed by atoms with Crippen LogP contribution in [-0.4, -0.2) is 7.11 Å². The van der Waals surface area contributed by atoms with Gasteiger partial charge >= 0.3 is 0 Å². The third-order valence-electron chi connectivity index (χ3n) is 4.32. The Balaban J connectivity index is 2.04. The molecule has 0 aromatic heterocycles. The van der Waals surface area contributed by atoms with Gasteiger partial charge in [0.25, 0.3) is 0 Å². The highest BCUT2D eigenvalue weighted by Gasteiger charge is 2.22. The summed E-state index contributed by atoms with van der Waals surface area (Å²) in [6, 6.07) is 15.1. The van der Waals surface area contributed by atoms with E-state index >= 15 is 0 Å². The first-order valence-corrected chi connectivity index (χ1v) is 7.29. The van der Waals surface area contributed by atoms with Crippen molar-refractivity contribution < 1.29 is 4.74 Å². The van der Waals surface area contributed by atoms with Crippen LogP contribution < -0.4 is 10.5 Å². The van der Waals surface area contributed by atoms with Crippen molar-refractivity contribution in [3.05, 3.63) is 53.6 Å². The van der Waals surface area contributed by atoms with Crippen LogP contribution in [0.2, 0.25) is 0 Å². The lowest BCUT2D eigenvalue weighted by Crippen LogP contribution is -2.10. The minimum Gasteiger partial charge on any atom is -0.496 e. The fraction of sp³-hybridized carbons (Fsp3) is 0.333. The van der Waals surface area contributed by atoms with Crippen LogP contribution in [0, 0.1) is 0 Å². The van der Waals surface area contributed by atoms with Gasteiger partial charge < -0.3 is 10.5 Å². The van der Waals surface area contributed by atoms with Gasteiger partial charge in [-0.05, 0) is 47.6 Å². The first-order chi connectivity index (χ1) is 9.83. The second-order valence-corrected chi connectivity index (χ2v) is 5.45. The first-order valence-electron chi connectivity index (χ1n) is 7.29. The zero-order chi connectivity index (χ0) is 13.9. The molecule has 2 heteroatoms. The molecule has 0 spiro atoms. The van der Waals surface area contributed by atoms with Gasteiger partial charge in [0.15, 0.2) is 0 Å². The van der Waals surface area contributed by atoms with E-state index in [9.17, 15) is 0 Å². The molecule has 0 aliphatic heterocycles. The highest BCUT2D eigenvalue weighted by Crippen LogP contribution is 2.41. The van der Waals surface area contributed by atoms with Crippen LogP contribution in [0.5, 0.6) is 5.75 Å². The SMILES string of the molecule is COc1ccc(-c2ccccc2C2CCC2)cc1CN. The molecule has 1 aliphatic rings. The second kappa shape index (κ2) is 5.68. The molecule has 1 aliphatic carbocycles. The minimum atomic E-state index is 0.503. The highest BCUT2D eigenvalue weighted by molar-refractivity contribution is 5.70. The normalized spacial score (nSPS) is 14.9. The van der Waals surface area contributed by atoms with Crippen LogP contribution in [0.15, 0.2) is 42.5 Å². The topological polar surface area (TPSA) is 35.2 Å². The van der Waals surface area contributed by atoms with Gasteiger partial charge in [0.05, 0.1) is 7.11 Å². The third kappa shape index (κ3) is 2.32. The molecule has 0 saturated heterocycles. The molecule has 3 rings (SSSR count). The molecule has 0 atom stereocenters. The molecule has 20 heavy (non-hydrogen) atoms. The fourth-order valence-corrected chi connectivity index (χ4v) is 2.94. The van der Waals surface area contributed by atoms with E-state index < -0.39 is 0 Å². The Kier molecular flexibility index (Phi) is 3.75. The zero-order valence-electron chi connectivity index (χ0n) is 11.9. The lowest BCUT2D eigenvalue weighted by atomic mass is 9.77. The van der Waals surface area contributed by atoms with Crippen molar-refractivity contribution in [1.82, 2.24) is 0 Å². The van der Waals surface area contributed by atoms with Gasteiger partial charge in [0.2, 0.25) is 0 Å². The molecule has 1 fully saturated rings. The maximum absolute atomic E-state index is 5.83. The molecule has 2 aromatic carbocycles. The Hall–Kier alpha value is -1.80. The molecule has 0 unspecified atom stereocenters. The van der Waals surface area contributed by atoms with Crippen molar-refractivity contribution in [3.63, 3.8) is 0 Å². The minimum absolute atomic E-state index is 0.503. The molecule has 0 heterocycles. The highest BCUT2D eigenvalue weighted by atomic mass is 16.5. The second-order valence-electron chi connectivity index (χ2n) is 5.45. The van der Waals surface area contributed by atoms with Crippen LogP contribution in [-0.2, 0) is 6.54 Å². The molecular formula is C18H21NO. The molecule has 0 amide bonds. The largest absolute Gasteiger partial charge is 0.496 e. The number of benzene rings is 2. The van der Waals surface area contributed by atoms with Gasteiger partial charge in [-0.15, -0.1) is 0 Å². The van der Waals surface area contributed by atoms with Crippen molar-refractivity contribution in [2.45, 2.75) is 31.7 Å². The monoisotopic (exact) mass is 267 g/mol. The average Bonchev–Trinajstić information content (AvgIpc) is 2.45. The van der Waals surface area contributed by atoms with E-state index in [0.717, 1.165) is 17.2 Å². The van der Waals surface area contributed by atoms with Crippen LogP contribution >= 0.6 is 0 Å². The number of hydrogen-bond acceptors (Lipinski definition) is 2. The van der Waals surface area contributed by atoms with Crippen LogP contribution in [0.1, 0.15) is 36.3 Å². The quantitative estimate of drug-likeness (QED) is 0.905. The van der Waals surface area contributed by atoms with E-state index in [4.69, 9.17) is 10.5 Å². The van der Waals surface area contributed by atoms with Crippen molar-refractivity contribution >= 4 is 0 Å². The van der Waals surface area contributed by atoms with Crippen LogP contribution in [0.25, 0.3) is 11.1 Å². The van der Waals surface area contributed by atoms with Gasteiger partial charge in [0.1, 0.15) is 5.75 Å². The maximum Gasteiger partial charge on any atom is 0.123 e. The van der Waals surface area contributed by atoms with Crippen molar-refractivity contribution in [2.24, 2.45) is 5.73 Å². The smallest absolute Gasteiger partial charge is 0.123 e. The summed E-state index contributed by atoms with van der Waals surface area (Å²) < 4.78 is 5.36. The molecular weight excluding hydrogens is 246 g/mol. The average molecular weight is 267 g/mol. The Labute approximate surface area is 120 Å². The summed E-state index contributed by atoms with van der Waals surface area (Å²) >= 11 is 0. The number of ether oxygens (including phenoxy) is 1. The Bertz CT molecular complexity index is 602. The number of hydrogen-bond donors (Lipinski definition) is 1. The molecule has 2 aromatic rings. The van der Waals surface area contributed by atoms with E-state index in [2.05, 4.69) is 36.4 Å². The number of methoxy groups -OCH3 is 1. The number of nitrogens with two attached hydrogens (primary N) is 1. The predicted molar refractivity (Wildman–Crippen MR) is 82.9 cm³/mol. The summed E-state index contributed by atoms with van der Waals surface area (Å²) in [7, 11) is 1.69. The van der Waals surface area contributed by atoms with Gasteiger partial charge in [-0.2, -0.15) is 0 Å². The van der Waals surface area contributed by atoms with Gasteiger partial charge in [-0.1, -0.05) is 36.8 Å². The van der Waals surface area contributed by atoms with E-state index in [1.54, 1.807) is 7.11 Å². The summed E-state index contributed by atoms with van der Waals surface area (Å²) in [6.45, 7) is 0.503. The van der Waals surface area contributed by atoms with Crippen molar-refractivity contribution in [1.29, 1.82) is 0 Å². The first kappa shape index (κ1) is 13.2. The third-order valence-corrected chi connectivity index (χ3v) is 4.32. The van der Waals surface area contributed by atoms with E-state index in [1.165, 1.54) is 36.0 Å². The standard InChI is InChI=1S/C18H21NO/c1-20-18-10-9-14(11-15(18)12-19)17-8-3-2-7-16(17)13-5-4-6-13/h2-3,7-11,13H,4-6,12,19H2,1H3. The Morgan fingerprint density at radius 3 is 2.60 bits per heavy atom. The summed E-state index contributed by atoms with van der Waals surface area (Å²) in [4.78, 5) is 0. The molecule has 2 N–H and O–H groups in total. The Morgan fingerprint density at radius 2 is 1.95 bits per heavy atom. The lowest BCUT2D eigenvalue weighted by Gasteiger charge is -2.28. The predicted octanol–water partition coefficient (Wildman–Crippen LogP) is 4.09. The van der Waals surface area contributed by atoms with Gasteiger partial charge in [0, 0.05) is 12.1 Å². The maximum atomic E-state index is 5.83. The van der Waals surface area contributed by atoms with E-state index in [0.29, 0.717) is 6.54 Å². The number of rotatable bonds is 4. The molecule has 0 bridgehead atoms. The Morgan fingerprint density at radius 1 is 1.15 bits per heavy atom. The fourth-order valence-electron chi connectivity index (χ4n) is 2.94. The van der Waals surface area contributed by atoms with Crippen LogP contribution in [0.4, 0.5) is 0 Å². The van der Waals surface area contributed by atoms with Gasteiger partial charge in [-0.25, -0.2) is 0 Å². The zero-order valence-corrected chi connectivity index (χ0v) is 11.9. The molecule has 2 nitrogen and oxygen atoms in total. The molecule has 1 saturated carbocycles. The van der Waals surface area contributed by atoms with Gasteiger partial charge in [-0.3, -0.25) is 0 Å². The lowest BCUT2D eigenvalue weighted by molar-refractivity contribution is 0.410. The molecule has 0 radical (unpaired) electrons. The van der Waals surface area contributed by atoms with E-state index in [-0.39, 0.29) is 0 Å². The summed E-state index contributed by atoms with van der Waals surface area (Å²) in [6.07, 6.45) is 3.99. The van der Waals surface area contributed by atoms with E-state index in [1.807, 2.05) is 6.07 Å². The summed E-state index contributed by atoms with van der Waals surface area (Å²) in [5, 5.41) is 0. The van der Waals surface area contributed by atoms with Crippen LogP contribution in [0.3, 0.4) is 0 Å². The summed E-state index contributed by atoms with van der Waals surface area (Å²) in [5.41, 5.74) is 11.0.